The molecule has 1 aromatic rings. The molecule has 0 aliphatic carbocycles. The summed E-state index contributed by atoms with van der Waals surface area (Å²) >= 11 is 6.97. The standard InChI is InChI=1S/C13H16N2OS2/c1-18-8-7-11-12(16)15(13(17)14-11)9-10-5-3-2-4-6-10/h2-6,11H,7-9H2,1H3,(H,14,17)/t11-/m0/s1. The second kappa shape index (κ2) is 6.20. The summed E-state index contributed by atoms with van der Waals surface area (Å²) in [5.41, 5.74) is 1.10. The van der Waals surface area contributed by atoms with E-state index in [0.717, 1.165) is 17.7 Å². The SMILES string of the molecule is CSCC[C@@H]1NC(=S)N(Cc2ccccc2)C1=O. The number of rotatable bonds is 5. The summed E-state index contributed by atoms with van der Waals surface area (Å²) in [6, 6.07) is 9.77. The van der Waals surface area contributed by atoms with Crippen molar-refractivity contribution in [2.75, 3.05) is 12.0 Å². The zero-order chi connectivity index (χ0) is 13.0. The molecule has 0 radical (unpaired) electrons. The lowest BCUT2D eigenvalue weighted by molar-refractivity contribution is -0.127. The Balaban J connectivity index is 2.01. The Morgan fingerprint density at radius 1 is 1.39 bits per heavy atom. The maximum atomic E-state index is 12.2. The minimum Gasteiger partial charge on any atom is -0.350 e. The lowest BCUT2D eigenvalue weighted by Gasteiger charge is -2.14. The van der Waals surface area contributed by atoms with E-state index < -0.39 is 0 Å². The predicted molar refractivity (Wildman–Crippen MR) is 79.5 cm³/mol. The van der Waals surface area contributed by atoms with Gasteiger partial charge in [-0.3, -0.25) is 9.69 Å². The van der Waals surface area contributed by atoms with Crippen LogP contribution in [0.25, 0.3) is 0 Å². The monoisotopic (exact) mass is 280 g/mol. The summed E-state index contributed by atoms with van der Waals surface area (Å²) < 4.78 is 0. The molecule has 5 heteroatoms. The maximum absolute atomic E-state index is 12.2. The van der Waals surface area contributed by atoms with E-state index in [0.29, 0.717) is 11.7 Å². The molecular weight excluding hydrogens is 264 g/mol. The number of thiocarbonyl (C=S) groups is 1. The molecule has 1 fully saturated rings. The number of thioether (sulfide) groups is 1. The molecule has 1 heterocycles. The second-order valence-corrected chi connectivity index (χ2v) is 5.57. The Kier molecular flexibility index (Phi) is 4.60. The molecule has 1 saturated heterocycles. The Bertz CT molecular complexity index is 436. The summed E-state index contributed by atoms with van der Waals surface area (Å²) in [7, 11) is 0. The Morgan fingerprint density at radius 2 is 2.11 bits per heavy atom. The first-order valence-electron chi connectivity index (χ1n) is 5.87. The minimum absolute atomic E-state index is 0.0953. The summed E-state index contributed by atoms with van der Waals surface area (Å²) in [6.45, 7) is 0.557. The number of hydrogen-bond donors (Lipinski definition) is 1. The number of amides is 1. The van der Waals surface area contributed by atoms with Crippen LogP contribution in [0.1, 0.15) is 12.0 Å². The van der Waals surface area contributed by atoms with Crippen LogP contribution in [-0.2, 0) is 11.3 Å². The van der Waals surface area contributed by atoms with Gasteiger partial charge in [0, 0.05) is 0 Å². The van der Waals surface area contributed by atoms with E-state index in [1.54, 1.807) is 16.7 Å². The molecule has 1 N–H and O–H groups in total. The topological polar surface area (TPSA) is 32.3 Å². The van der Waals surface area contributed by atoms with Gasteiger partial charge < -0.3 is 5.32 Å². The van der Waals surface area contributed by atoms with Crippen molar-refractivity contribution >= 4 is 35.0 Å². The van der Waals surface area contributed by atoms with E-state index in [4.69, 9.17) is 12.2 Å². The highest BCUT2D eigenvalue weighted by Crippen LogP contribution is 2.15. The number of benzene rings is 1. The molecule has 3 nitrogen and oxygen atoms in total. The molecule has 0 spiro atoms. The molecule has 1 amide bonds. The fraction of sp³-hybridized carbons (Fsp3) is 0.385. The van der Waals surface area contributed by atoms with Gasteiger partial charge in [-0.05, 0) is 36.2 Å². The van der Waals surface area contributed by atoms with Gasteiger partial charge in [-0.15, -0.1) is 0 Å². The van der Waals surface area contributed by atoms with Gasteiger partial charge >= 0.3 is 0 Å². The van der Waals surface area contributed by atoms with Crippen LogP contribution in [0.5, 0.6) is 0 Å². The van der Waals surface area contributed by atoms with Crippen molar-refractivity contribution in [3.8, 4) is 0 Å². The average molecular weight is 280 g/mol. The summed E-state index contributed by atoms with van der Waals surface area (Å²) in [5, 5.41) is 3.65. The van der Waals surface area contributed by atoms with Crippen molar-refractivity contribution in [2.24, 2.45) is 0 Å². The van der Waals surface area contributed by atoms with E-state index in [-0.39, 0.29) is 11.9 Å². The van der Waals surface area contributed by atoms with Crippen molar-refractivity contribution in [1.82, 2.24) is 10.2 Å². The van der Waals surface area contributed by atoms with E-state index in [1.807, 2.05) is 36.6 Å². The third-order valence-corrected chi connectivity index (χ3v) is 3.88. The second-order valence-electron chi connectivity index (χ2n) is 4.19. The van der Waals surface area contributed by atoms with Gasteiger partial charge in [0.05, 0.1) is 6.54 Å². The lowest BCUT2D eigenvalue weighted by Crippen LogP contribution is -2.31. The molecule has 1 atom stereocenters. The zero-order valence-corrected chi connectivity index (χ0v) is 11.9. The molecule has 96 valence electrons. The van der Waals surface area contributed by atoms with Gasteiger partial charge in [0.2, 0.25) is 0 Å². The molecule has 1 aromatic carbocycles. The highest BCUT2D eigenvalue weighted by Gasteiger charge is 2.34. The Hall–Kier alpha value is -1.07. The molecule has 0 aromatic heterocycles. The van der Waals surface area contributed by atoms with Crippen LogP contribution in [0.4, 0.5) is 0 Å². The third kappa shape index (κ3) is 3.03. The van der Waals surface area contributed by atoms with Gasteiger partial charge in [0.15, 0.2) is 5.11 Å². The molecular formula is C13H16N2OS2. The van der Waals surface area contributed by atoms with Gasteiger partial charge in [-0.2, -0.15) is 11.8 Å². The van der Waals surface area contributed by atoms with Crippen LogP contribution in [0.3, 0.4) is 0 Å². The quantitative estimate of drug-likeness (QED) is 0.837. The van der Waals surface area contributed by atoms with E-state index in [9.17, 15) is 4.79 Å². The first-order chi connectivity index (χ1) is 8.72. The van der Waals surface area contributed by atoms with Gasteiger partial charge in [-0.1, -0.05) is 30.3 Å². The molecule has 0 bridgehead atoms. The molecule has 0 saturated carbocycles. The van der Waals surface area contributed by atoms with Crippen molar-refractivity contribution in [2.45, 2.75) is 19.0 Å². The molecule has 18 heavy (non-hydrogen) atoms. The number of carbonyl (C=O) groups excluding carboxylic acids is 1. The Morgan fingerprint density at radius 3 is 2.78 bits per heavy atom. The number of nitrogens with zero attached hydrogens (tertiary/aromatic N) is 1. The Labute approximate surface area is 117 Å². The zero-order valence-electron chi connectivity index (χ0n) is 10.3. The van der Waals surface area contributed by atoms with Crippen molar-refractivity contribution in [3.05, 3.63) is 35.9 Å². The van der Waals surface area contributed by atoms with E-state index >= 15 is 0 Å². The first kappa shape index (κ1) is 13.4. The summed E-state index contributed by atoms with van der Waals surface area (Å²) in [4.78, 5) is 13.9. The van der Waals surface area contributed by atoms with Crippen molar-refractivity contribution < 1.29 is 4.79 Å². The maximum Gasteiger partial charge on any atom is 0.251 e. The molecule has 2 rings (SSSR count). The fourth-order valence-corrected chi connectivity index (χ4v) is 2.69. The smallest absolute Gasteiger partial charge is 0.251 e. The first-order valence-corrected chi connectivity index (χ1v) is 7.67. The van der Waals surface area contributed by atoms with Crippen LogP contribution < -0.4 is 5.32 Å². The van der Waals surface area contributed by atoms with E-state index in [1.165, 1.54) is 0 Å². The van der Waals surface area contributed by atoms with Crippen LogP contribution in [0.15, 0.2) is 30.3 Å². The van der Waals surface area contributed by atoms with Gasteiger partial charge in [0.1, 0.15) is 6.04 Å². The number of nitrogens with one attached hydrogen (secondary N) is 1. The molecule has 1 aliphatic rings. The van der Waals surface area contributed by atoms with Crippen LogP contribution in [0.2, 0.25) is 0 Å². The van der Waals surface area contributed by atoms with Crippen molar-refractivity contribution in [1.29, 1.82) is 0 Å². The van der Waals surface area contributed by atoms with Gasteiger partial charge in [-0.25, -0.2) is 0 Å². The predicted octanol–water partition coefficient (Wildman–Crippen LogP) is 2.02. The van der Waals surface area contributed by atoms with Gasteiger partial charge in [0.25, 0.3) is 5.91 Å². The average Bonchev–Trinajstić information content (AvgIpc) is 2.65. The van der Waals surface area contributed by atoms with Crippen LogP contribution >= 0.6 is 24.0 Å². The van der Waals surface area contributed by atoms with E-state index in [2.05, 4.69) is 5.32 Å². The summed E-state index contributed by atoms with van der Waals surface area (Å²) in [5.74, 6) is 1.06. The summed E-state index contributed by atoms with van der Waals surface area (Å²) in [6.07, 6.45) is 2.87. The molecule has 0 unspecified atom stereocenters. The largest absolute Gasteiger partial charge is 0.350 e. The number of carbonyl (C=O) groups is 1. The van der Waals surface area contributed by atoms with Crippen LogP contribution in [-0.4, -0.2) is 34.0 Å². The normalized spacial score (nSPS) is 19.2. The van der Waals surface area contributed by atoms with Crippen molar-refractivity contribution in [3.63, 3.8) is 0 Å². The lowest BCUT2D eigenvalue weighted by atomic mass is 10.2. The van der Waals surface area contributed by atoms with Crippen LogP contribution in [0, 0.1) is 0 Å². The highest BCUT2D eigenvalue weighted by molar-refractivity contribution is 7.98. The fourth-order valence-electron chi connectivity index (χ4n) is 1.92. The molecule has 1 aliphatic heterocycles. The third-order valence-electron chi connectivity index (χ3n) is 2.90. The highest BCUT2D eigenvalue weighted by atomic mass is 32.2. The minimum atomic E-state index is -0.145. The number of hydrogen-bond acceptors (Lipinski definition) is 3.